The fourth-order valence-electron chi connectivity index (χ4n) is 3.84. The summed E-state index contributed by atoms with van der Waals surface area (Å²) in [5.41, 5.74) is 2.64. The fraction of sp³-hybridized carbons (Fsp3) is 0.429. The Morgan fingerprint density at radius 2 is 1.80 bits per heavy atom. The summed E-state index contributed by atoms with van der Waals surface area (Å²) in [5.74, 6) is 1.26. The highest BCUT2D eigenvalue weighted by molar-refractivity contribution is 7.89. The number of benzene rings is 1. The van der Waals surface area contributed by atoms with E-state index in [2.05, 4.69) is 10.1 Å². The van der Waals surface area contributed by atoms with Gasteiger partial charge in [0.25, 0.3) is 0 Å². The standard InChI is InChI=1S/C21H26N4O4S/c1-15-20(30(26,27)24-11-5-4-6-12-24)16(2)25(23-15)13-18-14-29-21(22-18)17-7-9-19(28-3)10-8-17/h7-10,14H,4-6,11-13H2,1-3H3. The molecule has 0 radical (unpaired) electrons. The Hall–Kier alpha value is -2.65. The molecule has 9 heteroatoms. The Labute approximate surface area is 176 Å². The van der Waals surface area contributed by atoms with E-state index in [1.54, 1.807) is 36.2 Å². The van der Waals surface area contributed by atoms with Gasteiger partial charge in [-0.15, -0.1) is 0 Å². The van der Waals surface area contributed by atoms with Gasteiger partial charge in [0, 0.05) is 18.7 Å². The summed E-state index contributed by atoms with van der Waals surface area (Å²) >= 11 is 0. The maximum Gasteiger partial charge on any atom is 0.246 e. The minimum absolute atomic E-state index is 0.309. The molecule has 1 fully saturated rings. The van der Waals surface area contributed by atoms with Gasteiger partial charge in [-0.1, -0.05) is 6.42 Å². The van der Waals surface area contributed by atoms with Crippen LogP contribution in [0.2, 0.25) is 0 Å². The third-order valence-electron chi connectivity index (χ3n) is 5.43. The van der Waals surface area contributed by atoms with Crippen LogP contribution in [0.5, 0.6) is 5.75 Å². The van der Waals surface area contributed by atoms with Crippen LogP contribution in [-0.4, -0.2) is 47.7 Å². The lowest BCUT2D eigenvalue weighted by molar-refractivity contribution is 0.346. The number of hydrogen-bond donors (Lipinski definition) is 0. The second-order valence-corrected chi connectivity index (χ2v) is 9.37. The van der Waals surface area contributed by atoms with E-state index in [4.69, 9.17) is 9.15 Å². The number of methoxy groups -OCH3 is 1. The van der Waals surface area contributed by atoms with E-state index in [0.29, 0.717) is 47.5 Å². The Balaban J connectivity index is 1.57. The van der Waals surface area contributed by atoms with E-state index in [9.17, 15) is 8.42 Å². The highest BCUT2D eigenvalue weighted by Crippen LogP contribution is 2.27. The van der Waals surface area contributed by atoms with Gasteiger partial charge >= 0.3 is 0 Å². The summed E-state index contributed by atoms with van der Waals surface area (Å²) < 4.78 is 40.4. The number of hydrogen-bond acceptors (Lipinski definition) is 6. The Bertz CT molecular complexity index is 1130. The molecule has 8 nitrogen and oxygen atoms in total. The number of aromatic nitrogens is 3. The highest BCUT2D eigenvalue weighted by atomic mass is 32.2. The van der Waals surface area contributed by atoms with E-state index in [1.807, 2.05) is 24.3 Å². The van der Waals surface area contributed by atoms with Crippen molar-refractivity contribution < 1.29 is 17.6 Å². The van der Waals surface area contributed by atoms with E-state index in [0.717, 1.165) is 30.6 Å². The number of ether oxygens (including phenoxy) is 1. The maximum atomic E-state index is 13.2. The molecular formula is C21H26N4O4S. The Kier molecular flexibility index (Phi) is 5.66. The molecule has 1 aromatic carbocycles. The smallest absolute Gasteiger partial charge is 0.246 e. The van der Waals surface area contributed by atoms with Gasteiger partial charge in [-0.2, -0.15) is 9.40 Å². The highest BCUT2D eigenvalue weighted by Gasteiger charge is 2.31. The molecule has 1 saturated heterocycles. The van der Waals surface area contributed by atoms with Crippen molar-refractivity contribution in [2.45, 2.75) is 44.6 Å². The van der Waals surface area contributed by atoms with Gasteiger partial charge < -0.3 is 9.15 Å². The first-order valence-corrected chi connectivity index (χ1v) is 11.5. The van der Waals surface area contributed by atoms with Gasteiger partial charge in [0.15, 0.2) is 0 Å². The van der Waals surface area contributed by atoms with Gasteiger partial charge in [-0.05, 0) is 51.0 Å². The SMILES string of the molecule is COc1ccc(-c2nc(Cn3nc(C)c(S(=O)(=O)N4CCCCC4)c3C)co2)cc1. The zero-order valence-corrected chi connectivity index (χ0v) is 18.3. The molecule has 0 bridgehead atoms. The monoisotopic (exact) mass is 430 g/mol. The zero-order valence-electron chi connectivity index (χ0n) is 17.5. The van der Waals surface area contributed by atoms with Crippen molar-refractivity contribution >= 4 is 10.0 Å². The van der Waals surface area contributed by atoms with Crippen molar-refractivity contribution in [1.29, 1.82) is 0 Å². The molecular weight excluding hydrogens is 404 g/mol. The lowest BCUT2D eigenvalue weighted by atomic mass is 10.2. The van der Waals surface area contributed by atoms with Gasteiger partial charge in [0.2, 0.25) is 15.9 Å². The largest absolute Gasteiger partial charge is 0.497 e. The first-order valence-electron chi connectivity index (χ1n) is 10.0. The molecule has 3 aromatic rings. The molecule has 4 rings (SSSR count). The topological polar surface area (TPSA) is 90.5 Å². The molecule has 0 saturated carbocycles. The Morgan fingerprint density at radius 1 is 1.10 bits per heavy atom. The van der Waals surface area contributed by atoms with Crippen LogP contribution < -0.4 is 4.74 Å². The van der Waals surface area contributed by atoms with Gasteiger partial charge in [-0.3, -0.25) is 4.68 Å². The second kappa shape index (κ2) is 8.23. The predicted octanol–water partition coefficient (Wildman–Crippen LogP) is 3.39. The van der Waals surface area contributed by atoms with Crippen molar-refractivity contribution in [2.24, 2.45) is 0 Å². The lowest BCUT2D eigenvalue weighted by Crippen LogP contribution is -2.36. The zero-order chi connectivity index (χ0) is 21.3. The Morgan fingerprint density at radius 3 is 2.47 bits per heavy atom. The van der Waals surface area contributed by atoms with Crippen LogP contribution in [-0.2, 0) is 16.6 Å². The van der Waals surface area contributed by atoms with E-state index < -0.39 is 10.0 Å². The molecule has 0 spiro atoms. The van der Waals surface area contributed by atoms with Crippen molar-refractivity contribution in [2.75, 3.05) is 20.2 Å². The number of sulfonamides is 1. The first-order chi connectivity index (χ1) is 14.4. The molecule has 3 heterocycles. The number of nitrogens with zero attached hydrogens (tertiary/aromatic N) is 4. The number of piperidine rings is 1. The van der Waals surface area contributed by atoms with Gasteiger partial charge in [0.1, 0.15) is 22.6 Å². The summed E-state index contributed by atoms with van der Waals surface area (Å²) in [6.45, 7) is 5.01. The summed E-state index contributed by atoms with van der Waals surface area (Å²) in [4.78, 5) is 4.84. The van der Waals surface area contributed by atoms with Crippen LogP contribution >= 0.6 is 0 Å². The third-order valence-corrected chi connectivity index (χ3v) is 7.58. The van der Waals surface area contributed by atoms with Crippen LogP contribution in [0.15, 0.2) is 39.8 Å². The van der Waals surface area contributed by atoms with Gasteiger partial charge in [0.05, 0.1) is 25.0 Å². The maximum absolute atomic E-state index is 13.2. The molecule has 0 amide bonds. The van der Waals surface area contributed by atoms with E-state index in [-0.39, 0.29) is 0 Å². The molecule has 1 aliphatic heterocycles. The van der Waals surface area contributed by atoms with Crippen LogP contribution in [0.4, 0.5) is 0 Å². The van der Waals surface area contributed by atoms with Crippen LogP contribution in [0.3, 0.4) is 0 Å². The molecule has 0 unspecified atom stereocenters. The molecule has 1 aliphatic rings. The minimum atomic E-state index is -3.54. The summed E-state index contributed by atoms with van der Waals surface area (Å²) in [6.07, 6.45) is 4.46. The predicted molar refractivity (Wildman–Crippen MR) is 112 cm³/mol. The van der Waals surface area contributed by atoms with Gasteiger partial charge in [-0.25, -0.2) is 13.4 Å². The molecule has 30 heavy (non-hydrogen) atoms. The summed E-state index contributed by atoms with van der Waals surface area (Å²) in [6, 6.07) is 7.44. The first kappa shape index (κ1) is 20.6. The molecule has 0 N–H and O–H groups in total. The van der Waals surface area contributed by atoms with E-state index in [1.165, 1.54) is 0 Å². The van der Waals surface area contributed by atoms with Crippen molar-refractivity contribution in [1.82, 2.24) is 19.1 Å². The van der Waals surface area contributed by atoms with E-state index >= 15 is 0 Å². The van der Waals surface area contributed by atoms with Crippen LogP contribution in [0.25, 0.3) is 11.5 Å². The van der Waals surface area contributed by atoms with Crippen molar-refractivity contribution in [3.63, 3.8) is 0 Å². The molecule has 2 aromatic heterocycles. The quantitative estimate of drug-likeness (QED) is 0.595. The fourth-order valence-corrected chi connectivity index (χ4v) is 5.73. The molecule has 160 valence electrons. The lowest BCUT2D eigenvalue weighted by Gasteiger charge is -2.25. The number of oxazole rings is 1. The summed E-state index contributed by atoms with van der Waals surface area (Å²) in [7, 11) is -1.93. The summed E-state index contributed by atoms with van der Waals surface area (Å²) in [5, 5.41) is 4.48. The average molecular weight is 431 g/mol. The van der Waals surface area contributed by atoms with Crippen molar-refractivity contribution in [3.8, 4) is 17.2 Å². The average Bonchev–Trinajstić information content (AvgIpc) is 3.33. The number of aryl methyl sites for hydroxylation is 1. The minimum Gasteiger partial charge on any atom is -0.497 e. The molecule has 0 aliphatic carbocycles. The second-order valence-electron chi connectivity index (χ2n) is 7.49. The van der Waals surface area contributed by atoms with Crippen molar-refractivity contribution in [3.05, 3.63) is 47.6 Å². The molecule has 0 atom stereocenters. The van der Waals surface area contributed by atoms with Crippen LogP contribution in [0, 0.1) is 13.8 Å². The normalized spacial score (nSPS) is 15.4. The third kappa shape index (κ3) is 3.87. The number of rotatable bonds is 6. The van der Waals surface area contributed by atoms with Crippen LogP contribution in [0.1, 0.15) is 36.3 Å².